The van der Waals surface area contributed by atoms with Crippen LogP contribution >= 0.6 is 0 Å². The average Bonchev–Trinajstić information content (AvgIpc) is 2.64. The van der Waals surface area contributed by atoms with E-state index in [4.69, 9.17) is 0 Å². The number of Topliss-reactive ketones (excluding diaryl/α,β-unsaturated/α-hetero) is 1. The first-order chi connectivity index (χ1) is 13.0. The van der Waals surface area contributed by atoms with Crippen LogP contribution in [0.5, 0.6) is 0 Å². The fraction of sp³-hybridized carbons (Fsp3) is 0.579. The summed E-state index contributed by atoms with van der Waals surface area (Å²) in [7, 11) is 0. The van der Waals surface area contributed by atoms with Crippen molar-refractivity contribution < 1.29 is 14.5 Å². The molecule has 0 radical (unpaired) electrons. The quantitative estimate of drug-likeness (QED) is 0.199. The molecule has 8 nitrogen and oxygen atoms in total. The Hall–Kier alpha value is -2.48. The highest BCUT2D eigenvalue weighted by Crippen LogP contribution is 2.26. The van der Waals surface area contributed by atoms with Crippen molar-refractivity contribution in [3.05, 3.63) is 33.9 Å². The molecule has 1 amide bonds. The number of amides is 1. The fourth-order valence-corrected chi connectivity index (χ4v) is 2.52. The Kier molecular flexibility index (Phi) is 10.7. The second kappa shape index (κ2) is 12.8. The van der Waals surface area contributed by atoms with Crippen molar-refractivity contribution in [2.75, 3.05) is 31.5 Å². The van der Waals surface area contributed by atoms with Gasteiger partial charge in [-0.2, -0.15) is 0 Å². The van der Waals surface area contributed by atoms with E-state index >= 15 is 0 Å². The smallest absolute Gasteiger partial charge is 0.293 e. The van der Waals surface area contributed by atoms with Crippen molar-refractivity contribution in [3.8, 4) is 0 Å². The van der Waals surface area contributed by atoms with Gasteiger partial charge in [-0.25, -0.2) is 0 Å². The minimum atomic E-state index is -0.478. The summed E-state index contributed by atoms with van der Waals surface area (Å²) in [5.74, 6) is -0.115. The lowest BCUT2D eigenvalue weighted by Crippen LogP contribution is -2.34. The largest absolute Gasteiger partial charge is 0.379 e. The lowest BCUT2D eigenvalue weighted by Gasteiger charge is -2.09. The number of nitrogens with zero attached hydrogens (tertiary/aromatic N) is 1. The van der Waals surface area contributed by atoms with Gasteiger partial charge in [0.05, 0.1) is 11.5 Å². The lowest BCUT2D eigenvalue weighted by molar-refractivity contribution is -0.384. The van der Waals surface area contributed by atoms with Crippen LogP contribution in [0.15, 0.2) is 18.2 Å². The summed E-state index contributed by atoms with van der Waals surface area (Å²) in [4.78, 5) is 34.2. The first-order valence-corrected chi connectivity index (χ1v) is 9.52. The normalized spacial score (nSPS) is 10.4. The summed E-state index contributed by atoms with van der Waals surface area (Å²) in [6.45, 7) is 6.19. The second-order valence-corrected chi connectivity index (χ2v) is 6.32. The van der Waals surface area contributed by atoms with Crippen LogP contribution in [0.4, 0.5) is 11.4 Å². The molecule has 0 aliphatic rings. The van der Waals surface area contributed by atoms with Crippen LogP contribution < -0.4 is 16.0 Å². The highest BCUT2D eigenvalue weighted by atomic mass is 16.6. The first kappa shape index (κ1) is 22.6. The van der Waals surface area contributed by atoms with Crippen LogP contribution in [-0.4, -0.2) is 42.8 Å². The van der Waals surface area contributed by atoms with Crippen LogP contribution in [0.2, 0.25) is 0 Å². The highest BCUT2D eigenvalue weighted by Gasteiger charge is 2.17. The zero-order chi connectivity index (χ0) is 20.1. The van der Waals surface area contributed by atoms with Gasteiger partial charge in [-0.3, -0.25) is 19.7 Å². The molecule has 1 aromatic rings. The summed E-state index contributed by atoms with van der Waals surface area (Å²) in [5, 5.41) is 20.2. The summed E-state index contributed by atoms with van der Waals surface area (Å²) >= 11 is 0. The Morgan fingerprint density at radius 1 is 1.07 bits per heavy atom. The van der Waals surface area contributed by atoms with Gasteiger partial charge >= 0.3 is 0 Å². The maximum atomic E-state index is 11.9. The Labute approximate surface area is 160 Å². The van der Waals surface area contributed by atoms with E-state index in [1.807, 2.05) is 13.8 Å². The van der Waals surface area contributed by atoms with Crippen molar-refractivity contribution in [2.45, 2.75) is 46.0 Å². The van der Waals surface area contributed by atoms with Crippen molar-refractivity contribution in [2.24, 2.45) is 0 Å². The van der Waals surface area contributed by atoms with Gasteiger partial charge < -0.3 is 16.0 Å². The number of nitro benzene ring substituents is 1. The van der Waals surface area contributed by atoms with E-state index in [-0.39, 0.29) is 17.4 Å². The zero-order valence-electron chi connectivity index (χ0n) is 16.2. The molecule has 8 heteroatoms. The van der Waals surface area contributed by atoms with Crippen molar-refractivity contribution in [1.82, 2.24) is 10.6 Å². The molecule has 0 spiro atoms. The van der Waals surface area contributed by atoms with Crippen LogP contribution in [0.25, 0.3) is 0 Å². The van der Waals surface area contributed by atoms with Gasteiger partial charge in [-0.1, -0.05) is 13.8 Å². The molecular weight excluding hydrogens is 348 g/mol. The SMILES string of the molecule is CCCNCC(=O)NCCCCNc1ccc(C(=O)CCC)cc1[N+](=O)[O-]. The molecule has 1 rings (SSSR count). The van der Waals surface area contributed by atoms with E-state index in [1.54, 1.807) is 12.1 Å². The number of carbonyl (C=O) groups is 2. The molecule has 0 unspecified atom stereocenters. The maximum Gasteiger partial charge on any atom is 0.293 e. The Morgan fingerprint density at radius 3 is 2.48 bits per heavy atom. The van der Waals surface area contributed by atoms with E-state index < -0.39 is 4.92 Å². The number of nitrogens with one attached hydrogen (secondary N) is 3. The third-order valence-corrected chi connectivity index (χ3v) is 3.95. The highest BCUT2D eigenvalue weighted by molar-refractivity contribution is 5.97. The van der Waals surface area contributed by atoms with Gasteiger partial charge in [0.15, 0.2) is 5.78 Å². The molecule has 27 heavy (non-hydrogen) atoms. The predicted octanol–water partition coefficient (Wildman–Crippen LogP) is 2.89. The molecule has 0 saturated heterocycles. The van der Waals surface area contributed by atoms with E-state index in [2.05, 4.69) is 16.0 Å². The number of ketones is 1. The average molecular weight is 378 g/mol. The molecule has 0 atom stereocenters. The van der Waals surface area contributed by atoms with E-state index in [0.717, 1.165) is 25.8 Å². The zero-order valence-corrected chi connectivity index (χ0v) is 16.2. The Morgan fingerprint density at radius 2 is 1.81 bits per heavy atom. The van der Waals surface area contributed by atoms with E-state index in [1.165, 1.54) is 6.07 Å². The lowest BCUT2D eigenvalue weighted by atomic mass is 10.1. The summed E-state index contributed by atoms with van der Waals surface area (Å²) in [5.41, 5.74) is 0.682. The number of hydrogen-bond acceptors (Lipinski definition) is 6. The van der Waals surface area contributed by atoms with Crippen molar-refractivity contribution in [3.63, 3.8) is 0 Å². The topological polar surface area (TPSA) is 113 Å². The van der Waals surface area contributed by atoms with E-state index in [9.17, 15) is 19.7 Å². The molecule has 0 bridgehead atoms. The number of rotatable bonds is 14. The third-order valence-electron chi connectivity index (χ3n) is 3.95. The van der Waals surface area contributed by atoms with E-state index in [0.29, 0.717) is 43.7 Å². The molecule has 0 aliphatic carbocycles. The summed E-state index contributed by atoms with van der Waals surface area (Å²) < 4.78 is 0. The molecule has 0 saturated carbocycles. The molecule has 0 aromatic heterocycles. The van der Waals surface area contributed by atoms with Gasteiger partial charge in [0, 0.05) is 31.1 Å². The fourth-order valence-electron chi connectivity index (χ4n) is 2.52. The molecule has 1 aromatic carbocycles. The second-order valence-electron chi connectivity index (χ2n) is 6.32. The van der Waals surface area contributed by atoms with Crippen molar-refractivity contribution in [1.29, 1.82) is 0 Å². The van der Waals surface area contributed by atoms with Gasteiger partial charge in [0.25, 0.3) is 5.69 Å². The van der Waals surface area contributed by atoms with Crippen LogP contribution in [-0.2, 0) is 4.79 Å². The van der Waals surface area contributed by atoms with Gasteiger partial charge in [-0.05, 0) is 44.4 Å². The van der Waals surface area contributed by atoms with Gasteiger partial charge in [0.2, 0.25) is 5.91 Å². The number of benzene rings is 1. The molecule has 0 heterocycles. The minimum Gasteiger partial charge on any atom is -0.379 e. The first-order valence-electron chi connectivity index (χ1n) is 9.52. The molecule has 0 aliphatic heterocycles. The number of hydrogen-bond donors (Lipinski definition) is 3. The minimum absolute atomic E-state index is 0.0283. The number of nitro groups is 1. The molecular formula is C19H30N4O4. The number of carbonyl (C=O) groups excluding carboxylic acids is 2. The third kappa shape index (κ3) is 8.63. The molecule has 3 N–H and O–H groups in total. The van der Waals surface area contributed by atoms with Gasteiger partial charge in [0.1, 0.15) is 5.69 Å². The molecule has 0 fully saturated rings. The number of anilines is 1. The maximum absolute atomic E-state index is 11.9. The summed E-state index contributed by atoms with van der Waals surface area (Å²) in [6, 6.07) is 4.54. The standard InChI is InChI=1S/C19H30N4O4/c1-3-7-18(24)15-8-9-16(17(13-15)23(26)27)21-11-5-6-12-22-19(25)14-20-10-4-2/h8-9,13,20-21H,3-7,10-12,14H2,1-2H3,(H,22,25). The number of unbranched alkanes of at least 4 members (excludes halogenated alkanes) is 1. The van der Waals surface area contributed by atoms with Crippen molar-refractivity contribution >= 4 is 23.1 Å². The Bertz CT molecular complexity index is 634. The Balaban J connectivity index is 2.40. The van der Waals surface area contributed by atoms with Crippen LogP contribution in [0, 0.1) is 10.1 Å². The van der Waals surface area contributed by atoms with Crippen LogP contribution in [0.3, 0.4) is 0 Å². The van der Waals surface area contributed by atoms with Gasteiger partial charge in [-0.15, -0.1) is 0 Å². The van der Waals surface area contributed by atoms with Crippen LogP contribution in [0.1, 0.15) is 56.3 Å². The monoisotopic (exact) mass is 378 g/mol. The molecule has 150 valence electrons. The summed E-state index contributed by atoms with van der Waals surface area (Å²) in [6.07, 6.45) is 3.60. The predicted molar refractivity (Wildman–Crippen MR) is 106 cm³/mol.